The second kappa shape index (κ2) is 56.6. The number of sulfonamides is 1. The van der Waals surface area contributed by atoms with Crippen LogP contribution in [0.1, 0.15) is 159 Å². The van der Waals surface area contributed by atoms with E-state index in [4.69, 9.17) is 4.74 Å². The van der Waals surface area contributed by atoms with Crippen molar-refractivity contribution >= 4 is 42.5 Å². The Labute approximate surface area is 714 Å². The molecule has 0 aliphatic carbocycles. The normalized spacial score (nSPS) is 19.6. The predicted molar refractivity (Wildman–Crippen MR) is 489 cm³/mol. The van der Waals surface area contributed by atoms with Crippen LogP contribution >= 0.6 is 0 Å². The first kappa shape index (κ1) is 109. The van der Waals surface area contributed by atoms with E-state index in [0.717, 1.165) is 162 Å². The summed E-state index contributed by atoms with van der Waals surface area (Å²) in [6.07, 6.45) is 1.27. The van der Waals surface area contributed by atoms with Crippen molar-refractivity contribution in [2.75, 3.05) is 273 Å². The Balaban J connectivity index is 0.000000664. The molecule has 0 saturated carbocycles. The Morgan fingerprint density at radius 2 is 0.733 bits per heavy atom. The van der Waals surface area contributed by atoms with Crippen molar-refractivity contribution in [3.63, 3.8) is 0 Å². The van der Waals surface area contributed by atoms with Crippen molar-refractivity contribution in [1.29, 1.82) is 0 Å². The minimum Gasteiger partial charge on any atom is -0.379 e. The molecule has 2 amide bonds. The van der Waals surface area contributed by atoms with Gasteiger partial charge in [-0.05, 0) is 118 Å². The molecule has 8 heterocycles. The fourth-order valence-corrected chi connectivity index (χ4v) is 14.7. The third kappa shape index (κ3) is 59.6. The molecule has 0 radical (unpaired) electrons. The average Bonchev–Trinajstić information content (AvgIpc) is 0.899. The second-order valence-corrected chi connectivity index (χ2v) is 43.2. The molecule has 8 fully saturated rings. The van der Waals surface area contributed by atoms with Crippen molar-refractivity contribution in [3.8, 4) is 94.7 Å². The summed E-state index contributed by atoms with van der Waals surface area (Å²) >= 11 is 0. The average molecular weight is 1670 g/mol. The van der Waals surface area contributed by atoms with Crippen molar-refractivity contribution in [2.24, 2.45) is 45.3 Å². The summed E-state index contributed by atoms with van der Waals surface area (Å²) in [6.45, 7) is 78.5. The van der Waals surface area contributed by atoms with Gasteiger partial charge in [0.1, 0.15) is 0 Å². The maximum absolute atomic E-state index is 11.5. The molecule has 116 heavy (non-hydrogen) atoms. The largest absolute Gasteiger partial charge is 0.379 e. The Morgan fingerprint density at radius 3 is 1.09 bits per heavy atom. The van der Waals surface area contributed by atoms with Gasteiger partial charge >= 0.3 is 0 Å². The zero-order valence-corrected chi connectivity index (χ0v) is 80.4. The molecular formula is C92H161N13O8S3. The minimum absolute atomic E-state index is 0.0296. The smallest absolute Gasteiger partial charge is 0.237 e. The van der Waals surface area contributed by atoms with Crippen molar-refractivity contribution < 1.29 is 35.4 Å². The molecule has 8 saturated heterocycles. The maximum Gasteiger partial charge on any atom is 0.237 e. The van der Waals surface area contributed by atoms with E-state index in [2.05, 4.69) is 305 Å². The molecule has 0 atom stereocenters. The molecule has 21 nitrogen and oxygen atoms in total. The third-order valence-electron chi connectivity index (χ3n) is 18.6. The van der Waals surface area contributed by atoms with E-state index in [0.29, 0.717) is 69.5 Å². The Bertz CT molecular complexity index is 3620. The van der Waals surface area contributed by atoms with E-state index in [1.807, 2.05) is 21.7 Å². The van der Waals surface area contributed by atoms with Crippen molar-refractivity contribution in [1.82, 2.24) is 63.1 Å². The quantitative estimate of drug-likeness (QED) is 0.206. The molecule has 0 aromatic rings. The highest BCUT2D eigenvalue weighted by molar-refractivity contribution is 7.91. The van der Waals surface area contributed by atoms with Crippen molar-refractivity contribution in [2.45, 2.75) is 165 Å². The van der Waals surface area contributed by atoms with Gasteiger partial charge in [0.25, 0.3) is 0 Å². The number of carbonyl (C=O) groups is 2. The number of amides is 2. The van der Waals surface area contributed by atoms with Crippen molar-refractivity contribution in [3.05, 3.63) is 0 Å². The summed E-state index contributed by atoms with van der Waals surface area (Å²) in [5.74, 6) is 55.3. The molecule has 0 spiro atoms. The van der Waals surface area contributed by atoms with E-state index in [1.165, 1.54) is 36.7 Å². The zero-order valence-electron chi connectivity index (χ0n) is 78.0. The predicted octanol–water partition coefficient (Wildman–Crippen LogP) is 7.64. The van der Waals surface area contributed by atoms with Gasteiger partial charge in [-0.25, -0.2) is 16.8 Å². The summed E-state index contributed by atoms with van der Waals surface area (Å²) in [6, 6.07) is 0. The first-order valence-corrected chi connectivity index (χ1v) is 47.7. The van der Waals surface area contributed by atoms with Gasteiger partial charge in [-0.2, -0.15) is 4.31 Å². The van der Waals surface area contributed by atoms with Gasteiger partial charge in [0.05, 0.1) is 88.9 Å². The lowest BCUT2D eigenvalue weighted by atomic mass is 9.98. The third-order valence-corrected chi connectivity index (χ3v) is 22.8. The van der Waals surface area contributed by atoms with Crippen LogP contribution in [0.5, 0.6) is 0 Å². The molecule has 660 valence electrons. The first-order valence-electron chi connectivity index (χ1n) is 42.5. The number of morpholine rings is 1. The van der Waals surface area contributed by atoms with E-state index in [-0.39, 0.29) is 50.5 Å². The van der Waals surface area contributed by atoms with Gasteiger partial charge in [0.2, 0.25) is 21.8 Å². The molecule has 24 heteroatoms. The summed E-state index contributed by atoms with van der Waals surface area (Å²) in [5, 5.41) is 0. The van der Waals surface area contributed by atoms with Crippen LogP contribution in [0.3, 0.4) is 0 Å². The van der Waals surface area contributed by atoms with Crippen LogP contribution in [0.15, 0.2) is 0 Å². The molecule has 8 rings (SSSR count). The molecule has 0 aromatic carbocycles. The highest BCUT2D eigenvalue weighted by Crippen LogP contribution is 2.18. The number of rotatable bonds is 9. The van der Waals surface area contributed by atoms with Crippen LogP contribution in [0.2, 0.25) is 0 Å². The van der Waals surface area contributed by atoms with E-state index in [9.17, 15) is 30.6 Å². The lowest BCUT2D eigenvalue weighted by Gasteiger charge is -2.40. The summed E-state index contributed by atoms with van der Waals surface area (Å²) in [5.41, 5.74) is 0.374. The highest BCUT2D eigenvalue weighted by atomic mass is 32.2. The number of nitrogens with zero attached hydrogens (tertiary/aromatic N) is 13. The number of hydrogen-bond donors (Lipinski definition) is 0. The van der Waals surface area contributed by atoms with Gasteiger partial charge in [-0.3, -0.25) is 53.0 Å². The summed E-state index contributed by atoms with van der Waals surface area (Å²) in [4.78, 5) is 49.3. The number of piperazine rings is 5. The Morgan fingerprint density at radius 1 is 0.414 bits per heavy atom. The molecule has 0 N–H and O–H groups in total. The number of hydrogen-bond acceptors (Lipinski definition) is 18. The summed E-state index contributed by atoms with van der Waals surface area (Å²) < 4.78 is 62.8. The van der Waals surface area contributed by atoms with Gasteiger partial charge in [-0.15, -0.1) is 0 Å². The Hall–Kier alpha value is -5.01. The Kier molecular flexibility index (Phi) is 53.1. The van der Waals surface area contributed by atoms with E-state index >= 15 is 0 Å². The van der Waals surface area contributed by atoms with E-state index in [1.54, 1.807) is 6.92 Å². The van der Waals surface area contributed by atoms with Gasteiger partial charge in [0, 0.05) is 232 Å². The molecule has 0 aromatic heterocycles. The first-order chi connectivity index (χ1) is 53.8. The van der Waals surface area contributed by atoms with Crippen LogP contribution in [-0.4, -0.2) is 375 Å². The highest BCUT2D eigenvalue weighted by Gasteiger charge is 2.29. The molecule has 8 aliphatic rings. The zero-order chi connectivity index (χ0) is 87.9. The van der Waals surface area contributed by atoms with Crippen LogP contribution in [0.25, 0.3) is 0 Å². The summed E-state index contributed by atoms with van der Waals surface area (Å²) in [7, 11) is -0.0153. The van der Waals surface area contributed by atoms with E-state index < -0.39 is 30.7 Å². The fraction of sp³-hybridized carbons (Fsp3) is 0.804. The van der Waals surface area contributed by atoms with Gasteiger partial charge in [-0.1, -0.05) is 150 Å². The lowest BCUT2D eigenvalue weighted by molar-refractivity contribution is -0.134. The molecule has 8 aliphatic heterocycles. The molecule has 0 bridgehead atoms. The van der Waals surface area contributed by atoms with Crippen LogP contribution in [0, 0.1) is 140 Å². The number of ether oxygens (including phenoxy) is 1. The maximum atomic E-state index is 11.5. The fourth-order valence-electron chi connectivity index (χ4n) is 11.4. The standard InChI is InChI=1S/C13H22N2O.C13H24N2.C11H20N2O2S.C11H18N2O.C11H20N2.C11H19NO2S.C11H19NOS.C11H19NO/c1-12(16)15-10-8-14(9-11-15)7-5-6-13(2,3)4;1-12(2)6-7-13(3,4)15-10-8-14(5)9-11-15;1-11(2)5-4-6-12-7-9-13(10-8-12)16(3,14)15;1-10(2)5-4-6-13-8-7-12(3)9-11(13)14;1-11(2)5-4-6-13-9-7-12(3)8-10-13;1-11(2,3)5-4-6-12-7-9-15(13,14)10-8-12;1-11(2,3)5-4-6-12-7-9-14(13)10-8-12;1-11(2,3)5-4-6-12-7-9-13-10-8-12/h7-11H2,1-4H3;12H,8-11H2,1-5H3;11H,6-10H2,1-3H3;10H,6-9H2,1-3H3;11H,6-10H2,1-3H3;6-10H2,1-3H3;6-10H2,1-3H3;6-10H2,1-3H3. The van der Waals surface area contributed by atoms with Crippen LogP contribution < -0.4 is 0 Å². The topological polar surface area (TPSA) is 171 Å². The second-order valence-electron chi connectivity index (χ2n) is 37.2. The monoisotopic (exact) mass is 1670 g/mol. The SMILES string of the molecule is CC(=O)N1CCN(CC#CC(C)(C)C)CC1.CC(C)(C)C#CCN1CCOCC1.CC(C)(C)C#CCN1CCS(=O)(=O)CC1.CC(C)(C)C#CCN1CCS(=O)CC1.CC(C)C#CC(C)(C)N1CCN(C)CC1.CC(C)C#CCN1CCN(C)CC1.CC(C)C#CCN1CCN(C)CC1=O.CC(C)C#CCN1CCN(S(C)(=O)=O)CC1. The van der Waals surface area contributed by atoms with Crippen LogP contribution in [-0.2, 0) is 45.0 Å². The molecule has 0 unspecified atom stereocenters. The van der Waals surface area contributed by atoms with Gasteiger partial charge in [0.15, 0.2) is 9.84 Å². The lowest BCUT2D eigenvalue weighted by Crippen LogP contribution is -2.53. The minimum atomic E-state index is -3.01. The van der Waals surface area contributed by atoms with Gasteiger partial charge < -0.3 is 24.3 Å². The van der Waals surface area contributed by atoms with Crippen LogP contribution in [0.4, 0.5) is 0 Å². The number of sulfone groups is 1. The number of likely N-dealkylation sites (N-methyl/N-ethyl adjacent to an activating group) is 3. The molecular weight excluding hydrogens is 1510 g/mol. The number of carbonyl (C=O) groups excluding carboxylic acids is 2.